The van der Waals surface area contributed by atoms with E-state index in [2.05, 4.69) is 0 Å². The van der Waals surface area contributed by atoms with E-state index in [0.717, 1.165) is 11.3 Å². The molecule has 0 radical (unpaired) electrons. The van der Waals surface area contributed by atoms with Gasteiger partial charge in [0, 0.05) is 12.6 Å². The summed E-state index contributed by atoms with van der Waals surface area (Å²) in [7, 11) is 0. The van der Waals surface area contributed by atoms with E-state index in [1.54, 1.807) is 30.3 Å². The topological polar surface area (TPSA) is 72.9 Å². The van der Waals surface area contributed by atoms with E-state index >= 15 is 0 Å². The average Bonchev–Trinajstić information content (AvgIpc) is 2.94. The third-order valence-corrected chi connectivity index (χ3v) is 4.29. The van der Waals surface area contributed by atoms with Crippen LogP contribution in [-0.2, 0) is 9.53 Å². The molecule has 0 N–H and O–H groups in total. The third kappa shape index (κ3) is 5.10. The lowest BCUT2D eigenvalue weighted by Gasteiger charge is -2.13. The number of hydrogen-bond acceptors (Lipinski definition) is 5. The lowest BCUT2D eigenvalue weighted by molar-refractivity contribution is -0.137. The molecule has 0 spiro atoms. The van der Waals surface area contributed by atoms with Crippen LogP contribution >= 0.6 is 0 Å². The number of hydrogen-bond donors (Lipinski definition) is 0. The van der Waals surface area contributed by atoms with Crippen molar-refractivity contribution >= 4 is 23.9 Å². The van der Waals surface area contributed by atoms with Crippen LogP contribution in [0.4, 0.5) is 0 Å². The molecule has 2 aromatic rings. The summed E-state index contributed by atoms with van der Waals surface area (Å²) in [5, 5.41) is 0. The van der Waals surface area contributed by atoms with Gasteiger partial charge in [-0.3, -0.25) is 14.5 Å². The molecule has 1 aliphatic heterocycles. The molecular formula is C23H23NO5. The fourth-order valence-electron chi connectivity index (χ4n) is 3.01. The summed E-state index contributed by atoms with van der Waals surface area (Å²) in [4.78, 5) is 37.6. The highest BCUT2D eigenvalue weighted by Gasteiger charge is 2.34. The molecule has 0 saturated heterocycles. The molecule has 3 rings (SSSR count). The second-order valence-corrected chi connectivity index (χ2v) is 6.90. The number of carbonyl (C=O) groups is 3. The van der Waals surface area contributed by atoms with Crippen molar-refractivity contribution in [2.24, 2.45) is 0 Å². The number of rotatable bonds is 8. The maximum atomic E-state index is 12.3. The highest BCUT2D eigenvalue weighted by atomic mass is 16.5. The van der Waals surface area contributed by atoms with Crippen LogP contribution in [0.5, 0.6) is 5.75 Å². The molecule has 0 saturated carbocycles. The van der Waals surface area contributed by atoms with Crippen LogP contribution in [0.1, 0.15) is 46.5 Å². The van der Waals surface area contributed by atoms with Gasteiger partial charge in [0.25, 0.3) is 11.8 Å². The third-order valence-electron chi connectivity index (χ3n) is 4.29. The lowest BCUT2D eigenvalue weighted by Crippen LogP contribution is -2.31. The molecule has 29 heavy (non-hydrogen) atoms. The van der Waals surface area contributed by atoms with Crippen LogP contribution < -0.4 is 4.74 Å². The second kappa shape index (κ2) is 9.19. The molecule has 0 atom stereocenters. The molecule has 0 aliphatic carbocycles. The zero-order chi connectivity index (χ0) is 20.8. The Hall–Kier alpha value is -3.41. The van der Waals surface area contributed by atoms with Crippen LogP contribution in [-0.4, -0.2) is 41.9 Å². The molecule has 0 fully saturated rings. The van der Waals surface area contributed by atoms with Gasteiger partial charge in [0.05, 0.1) is 23.8 Å². The predicted octanol–water partition coefficient (Wildman–Crippen LogP) is 3.72. The number of fused-ring (bicyclic) bond motifs is 1. The lowest BCUT2D eigenvalue weighted by atomic mass is 10.1. The highest BCUT2D eigenvalue weighted by Crippen LogP contribution is 2.22. The van der Waals surface area contributed by atoms with E-state index in [-0.39, 0.29) is 31.1 Å². The molecular weight excluding hydrogens is 370 g/mol. The summed E-state index contributed by atoms with van der Waals surface area (Å²) in [6, 6.07) is 14.1. The Kier molecular flexibility index (Phi) is 6.44. The van der Waals surface area contributed by atoms with Crippen LogP contribution in [0.3, 0.4) is 0 Å². The molecule has 6 nitrogen and oxygen atoms in total. The van der Waals surface area contributed by atoms with Gasteiger partial charge in [-0.05, 0) is 56.2 Å². The SMILES string of the molecule is CC(C)Oc1cccc(/C=C/C(=O)OCCCN2C(=O)c3ccccc3C2=O)c1. The molecule has 2 aromatic carbocycles. The van der Waals surface area contributed by atoms with Crippen molar-refractivity contribution in [3.05, 3.63) is 71.3 Å². The van der Waals surface area contributed by atoms with Gasteiger partial charge >= 0.3 is 5.97 Å². The first-order chi connectivity index (χ1) is 14.0. The molecule has 0 aromatic heterocycles. The van der Waals surface area contributed by atoms with E-state index in [0.29, 0.717) is 17.5 Å². The molecule has 0 bridgehead atoms. The summed E-state index contributed by atoms with van der Waals surface area (Å²) in [6.07, 6.45) is 3.44. The molecule has 150 valence electrons. The zero-order valence-electron chi connectivity index (χ0n) is 16.5. The smallest absolute Gasteiger partial charge is 0.330 e. The summed E-state index contributed by atoms with van der Waals surface area (Å²) in [5.74, 6) is -0.361. The fraction of sp³-hybridized carbons (Fsp3) is 0.261. The Morgan fingerprint density at radius 3 is 2.38 bits per heavy atom. The maximum absolute atomic E-state index is 12.3. The van der Waals surface area contributed by atoms with Gasteiger partial charge in [0.15, 0.2) is 0 Å². The number of carbonyl (C=O) groups excluding carboxylic acids is 3. The Balaban J connectivity index is 1.44. The minimum absolute atomic E-state index is 0.0707. The minimum atomic E-state index is -0.484. The Morgan fingerprint density at radius 1 is 1.03 bits per heavy atom. The van der Waals surface area contributed by atoms with Gasteiger partial charge in [-0.1, -0.05) is 24.3 Å². The van der Waals surface area contributed by atoms with E-state index in [1.165, 1.54) is 11.0 Å². The molecule has 6 heteroatoms. The van der Waals surface area contributed by atoms with Crippen LogP contribution in [0.25, 0.3) is 6.08 Å². The van der Waals surface area contributed by atoms with Crippen molar-refractivity contribution in [2.75, 3.05) is 13.2 Å². The standard InChI is InChI=1S/C23H23NO5/c1-16(2)29-18-8-5-7-17(15-18)11-12-21(25)28-14-6-13-24-22(26)19-9-3-4-10-20(19)23(24)27/h3-5,7-12,15-16H,6,13-14H2,1-2H3/b12-11+. The van der Waals surface area contributed by atoms with Gasteiger partial charge in [0.2, 0.25) is 0 Å². The number of imide groups is 1. The summed E-state index contributed by atoms with van der Waals surface area (Å²) < 4.78 is 10.8. The van der Waals surface area contributed by atoms with Crippen LogP contribution in [0.15, 0.2) is 54.6 Å². The van der Waals surface area contributed by atoms with E-state index in [9.17, 15) is 14.4 Å². The van der Waals surface area contributed by atoms with Crippen molar-refractivity contribution in [3.63, 3.8) is 0 Å². The fourth-order valence-corrected chi connectivity index (χ4v) is 3.01. The summed E-state index contributed by atoms with van der Waals surface area (Å²) >= 11 is 0. The maximum Gasteiger partial charge on any atom is 0.330 e. The van der Waals surface area contributed by atoms with E-state index in [4.69, 9.17) is 9.47 Å². The first kappa shape index (κ1) is 20.3. The van der Waals surface area contributed by atoms with E-state index in [1.807, 2.05) is 38.1 Å². The first-order valence-electron chi connectivity index (χ1n) is 9.52. The molecule has 0 unspecified atom stereocenters. The quantitative estimate of drug-likeness (QED) is 0.296. The molecule has 1 heterocycles. The van der Waals surface area contributed by atoms with Crippen molar-refractivity contribution in [1.82, 2.24) is 4.90 Å². The highest BCUT2D eigenvalue weighted by molar-refractivity contribution is 6.21. The Bertz CT molecular complexity index is 913. The number of amides is 2. The zero-order valence-corrected chi connectivity index (χ0v) is 16.5. The average molecular weight is 393 g/mol. The van der Waals surface area contributed by atoms with Crippen LogP contribution in [0.2, 0.25) is 0 Å². The van der Waals surface area contributed by atoms with Crippen molar-refractivity contribution in [1.29, 1.82) is 0 Å². The number of ether oxygens (including phenoxy) is 2. The first-order valence-corrected chi connectivity index (χ1v) is 9.52. The molecule has 2 amide bonds. The summed E-state index contributed by atoms with van der Waals surface area (Å²) in [6.45, 7) is 4.22. The summed E-state index contributed by atoms with van der Waals surface area (Å²) in [5.41, 5.74) is 1.66. The number of esters is 1. The van der Waals surface area contributed by atoms with Gasteiger partial charge in [-0.15, -0.1) is 0 Å². The second-order valence-electron chi connectivity index (χ2n) is 6.90. The largest absolute Gasteiger partial charge is 0.491 e. The minimum Gasteiger partial charge on any atom is -0.491 e. The van der Waals surface area contributed by atoms with Crippen molar-refractivity contribution in [2.45, 2.75) is 26.4 Å². The number of nitrogens with zero attached hydrogens (tertiary/aromatic N) is 1. The van der Waals surface area contributed by atoms with Gasteiger partial charge in [0.1, 0.15) is 5.75 Å². The van der Waals surface area contributed by atoms with Gasteiger partial charge in [-0.25, -0.2) is 4.79 Å². The van der Waals surface area contributed by atoms with Crippen LogP contribution in [0, 0.1) is 0 Å². The van der Waals surface area contributed by atoms with E-state index < -0.39 is 5.97 Å². The molecule has 1 aliphatic rings. The monoisotopic (exact) mass is 393 g/mol. The Morgan fingerprint density at radius 2 is 1.72 bits per heavy atom. The predicted molar refractivity (Wildman–Crippen MR) is 109 cm³/mol. The van der Waals surface area contributed by atoms with Crippen molar-refractivity contribution < 1.29 is 23.9 Å². The number of benzene rings is 2. The van der Waals surface area contributed by atoms with Crippen molar-refractivity contribution in [3.8, 4) is 5.75 Å². The van der Waals surface area contributed by atoms with Gasteiger partial charge in [-0.2, -0.15) is 0 Å². The van der Waals surface area contributed by atoms with Gasteiger partial charge < -0.3 is 9.47 Å². The Labute approximate surface area is 169 Å². The normalized spacial score (nSPS) is 13.3.